The van der Waals surface area contributed by atoms with Gasteiger partial charge in [-0.2, -0.15) is 0 Å². The van der Waals surface area contributed by atoms with Gasteiger partial charge in [0.05, 0.1) is 24.7 Å². The molecular formula is C16H13F3N2O3S. The van der Waals surface area contributed by atoms with Gasteiger partial charge in [0.2, 0.25) is 11.8 Å². The summed E-state index contributed by atoms with van der Waals surface area (Å²) >= 11 is 1.32. The molecule has 132 valence electrons. The number of hydrogen-bond donors (Lipinski definition) is 0. The number of amides is 1. The predicted octanol–water partition coefficient (Wildman–Crippen LogP) is 3.77. The van der Waals surface area contributed by atoms with Gasteiger partial charge in [0.1, 0.15) is 11.1 Å². The van der Waals surface area contributed by atoms with E-state index in [1.54, 1.807) is 18.2 Å². The maximum Gasteiger partial charge on any atom is 0.573 e. The average Bonchev–Trinajstić information content (AvgIpc) is 2.95. The number of anilines is 1. The fourth-order valence-corrected chi connectivity index (χ4v) is 3.62. The molecule has 1 fully saturated rings. The lowest BCUT2D eigenvalue weighted by molar-refractivity contribution is -0.274. The Hall–Kier alpha value is -2.42. The van der Waals surface area contributed by atoms with Crippen molar-refractivity contribution in [2.45, 2.75) is 11.7 Å². The predicted molar refractivity (Wildman–Crippen MR) is 86.6 cm³/mol. The van der Waals surface area contributed by atoms with Crippen LogP contribution in [0.4, 0.5) is 18.9 Å². The lowest BCUT2D eigenvalue weighted by Crippen LogP contribution is -2.28. The van der Waals surface area contributed by atoms with Crippen LogP contribution in [0.15, 0.2) is 42.6 Å². The number of hydrogen-bond acceptors (Lipinski definition) is 5. The summed E-state index contributed by atoms with van der Waals surface area (Å²) in [7, 11) is 1.48. The van der Waals surface area contributed by atoms with Gasteiger partial charge >= 0.3 is 6.36 Å². The topological polar surface area (TPSA) is 51.7 Å². The second kappa shape index (κ2) is 6.83. The van der Waals surface area contributed by atoms with Crippen LogP contribution in [-0.2, 0) is 4.79 Å². The van der Waals surface area contributed by atoms with Crippen molar-refractivity contribution in [2.24, 2.45) is 0 Å². The third-order valence-electron chi connectivity index (χ3n) is 3.45. The first kappa shape index (κ1) is 17.4. The van der Waals surface area contributed by atoms with E-state index < -0.39 is 11.7 Å². The van der Waals surface area contributed by atoms with E-state index in [9.17, 15) is 18.0 Å². The molecule has 1 aliphatic rings. The molecule has 1 amide bonds. The summed E-state index contributed by atoms with van der Waals surface area (Å²) < 4.78 is 46.2. The number of methoxy groups -OCH3 is 1. The normalized spacial score (nSPS) is 17.7. The molecule has 0 bridgehead atoms. The summed E-state index contributed by atoms with van der Waals surface area (Å²) in [5, 5.41) is -0.459. The van der Waals surface area contributed by atoms with Gasteiger partial charge in [-0.25, -0.2) is 4.98 Å². The van der Waals surface area contributed by atoms with Crippen LogP contribution in [0.2, 0.25) is 0 Å². The first-order chi connectivity index (χ1) is 11.9. The minimum absolute atomic E-state index is 0.149. The highest BCUT2D eigenvalue weighted by Gasteiger charge is 2.35. The van der Waals surface area contributed by atoms with Crippen LogP contribution in [-0.4, -0.2) is 30.1 Å². The van der Waals surface area contributed by atoms with Crippen LogP contribution in [0.1, 0.15) is 10.9 Å². The molecule has 0 aliphatic carbocycles. The number of ether oxygens (including phenoxy) is 2. The molecule has 9 heteroatoms. The Morgan fingerprint density at radius 3 is 2.72 bits per heavy atom. The van der Waals surface area contributed by atoms with Gasteiger partial charge in [-0.15, -0.1) is 24.9 Å². The van der Waals surface area contributed by atoms with Crippen molar-refractivity contribution >= 4 is 23.4 Å². The third kappa shape index (κ3) is 3.98. The maximum atomic E-state index is 12.4. The van der Waals surface area contributed by atoms with Crippen LogP contribution in [0.3, 0.4) is 0 Å². The van der Waals surface area contributed by atoms with E-state index in [2.05, 4.69) is 9.72 Å². The number of rotatable bonds is 4. The van der Waals surface area contributed by atoms with E-state index in [0.29, 0.717) is 17.1 Å². The number of alkyl halides is 3. The SMILES string of the molecule is COc1ccc(N2C(=O)CSC2c2cccc(OC(F)(F)F)c2)cn1. The zero-order chi connectivity index (χ0) is 18.0. The molecule has 1 aromatic heterocycles. The number of carbonyl (C=O) groups is 1. The molecule has 0 saturated carbocycles. The minimum atomic E-state index is -4.77. The molecule has 1 saturated heterocycles. The van der Waals surface area contributed by atoms with Crippen LogP contribution in [0.25, 0.3) is 0 Å². The van der Waals surface area contributed by atoms with Gasteiger partial charge in [-0.1, -0.05) is 12.1 Å². The molecule has 1 aromatic carbocycles. The van der Waals surface area contributed by atoms with Crippen molar-refractivity contribution < 1.29 is 27.4 Å². The molecule has 0 N–H and O–H groups in total. The van der Waals surface area contributed by atoms with Crippen molar-refractivity contribution in [2.75, 3.05) is 17.8 Å². The minimum Gasteiger partial charge on any atom is -0.481 e. The Balaban J connectivity index is 1.90. The second-order valence-corrected chi connectivity index (χ2v) is 6.17. The zero-order valence-electron chi connectivity index (χ0n) is 13.0. The number of thioether (sulfide) groups is 1. The lowest BCUT2D eigenvalue weighted by atomic mass is 10.2. The van der Waals surface area contributed by atoms with Crippen LogP contribution in [0.5, 0.6) is 11.6 Å². The van der Waals surface area contributed by atoms with E-state index in [4.69, 9.17) is 4.74 Å². The van der Waals surface area contributed by atoms with Gasteiger partial charge in [0.15, 0.2) is 0 Å². The molecule has 0 spiro atoms. The van der Waals surface area contributed by atoms with Crippen molar-refractivity contribution in [1.82, 2.24) is 4.98 Å². The Bertz CT molecular complexity index is 768. The molecule has 3 rings (SSSR count). The van der Waals surface area contributed by atoms with Gasteiger partial charge < -0.3 is 9.47 Å². The van der Waals surface area contributed by atoms with Crippen molar-refractivity contribution in [1.29, 1.82) is 0 Å². The fraction of sp³-hybridized carbons (Fsp3) is 0.250. The van der Waals surface area contributed by atoms with Crippen molar-refractivity contribution in [3.8, 4) is 11.6 Å². The highest BCUT2D eigenvalue weighted by molar-refractivity contribution is 8.00. The average molecular weight is 370 g/mol. The van der Waals surface area contributed by atoms with E-state index >= 15 is 0 Å². The zero-order valence-corrected chi connectivity index (χ0v) is 13.8. The summed E-state index contributed by atoms with van der Waals surface area (Å²) in [6.07, 6.45) is -3.28. The standard InChI is InChI=1S/C16H13F3N2O3S/c1-23-13-6-5-11(8-20-13)21-14(22)9-25-15(21)10-3-2-4-12(7-10)24-16(17,18)19/h2-8,15H,9H2,1H3. The van der Waals surface area contributed by atoms with E-state index in [-0.39, 0.29) is 17.4 Å². The highest BCUT2D eigenvalue weighted by Crippen LogP contribution is 2.42. The van der Waals surface area contributed by atoms with Crippen LogP contribution < -0.4 is 14.4 Å². The molecule has 1 unspecified atom stereocenters. The molecule has 1 atom stereocenters. The molecule has 25 heavy (non-hydrogen) atoms. The summed E-state index contributed by atoms with van der Waals surface area (Å²) in [5.41, 5.74) is 1.08. The molecule has 0 radical (unpaired) electrons. The van der Waals surface area contributed by atoms with Gasteiger partial charge in [-0.05, 0) is 23.8 Å². The molecule has 5 nitrogen and oxygen atoms in total. The van der Waals surface area contributed by atoms with E-state index in [0.717, 1.165) is 0 Å². The van der Waals surface area contributed by atoms with Crippen LogP contribution >= 0.6 is 11.8 Å². The van der Waals surface area contributed by atoms with Gasteiger partial charge in [0.25, 0.3) is 0 Å². The summed E-state index contributed by atoms with van der Waals surface area (Å²) in [6.45, 7) is 0. The third-order valence-corrected chi connectivity index (χ3v) is 4.67. The van der Waals surface area contributed by atoms with Gasteiger partial charge in [0, 0.05) is 6.07 Å². The summed E-state index contributed by atoms with van der Waals surface area (Å²) in [6, 6.07) is 8.92. The summed E-state index contributed by atoms with van der Waals surface area (Å²) in [4.78, 5) is 17.8. The van der Waals surface area contributed by atoms with Crippen LogP contribution in [0, 0.1) is 0 Å². The lowest BCUT2D eigenvalue weighted by Gasteiger charge is -2.24. The molecule has 1 aliphatic heterocycles. The quantitative estimate of drug-likeness (QED) is 0.820. The Morgan fingerprint density at radius 2 is 2.08 bits per heavy atom. The van der Waals surface area contributed by atoms with E-state index in [1.165, 1.54) is 48.2 Å². The molecule has 2 heterocycles. The van der Waals surface area contributed by atoms with Crippen molar-refractivity contribution in [3.05, 3.63) is 48.2 Å². The van der Waals surface area contributed by atoms with E-state index in [1.807, 2.05) is 0 Å². The summed E-state index contributed by atoms with van der Waals surface area (Å²) in [5.74, 6) is 0.156. The molecular weight excluding hydrogens is 357 g/mol. The fourth-order valence-electron chi connectivity index (χ4n) is 2.45. The first-order valence-electron chi connectivity index (χ1n) is 7.17. The number of aromatic nitrogens is 1. The Kier molecular flexibility index (Phi) is 4.76. The Labute approximate surface area is 145 Å². The van der Waals surface area contributed by atoms with Crippen molar-refractivity contribution in [3.63, 3.8) is 0 Å². The maximum absolute atomic E-state index is 12.4. The second-order valence-electron chi connectivity index (χ2n) is 5.11. The Morgan fingerprint density at radius 1 is 1.28 bits per heavy atom. The number of nitrogens with zero attached hydrogens (tertiary/aromatic N) is 2. The number of carbonyl (C=O) groups excluding carboxylic acids is 1. The number of benzene rings is 1. The largest absolute Gasteiger partial charge is 0.573 e. The molecule has 2 aromatic rings. The monoisotopic (exact) mass is 370 g/mol. The van der Waals surface area contributed by atoms with Gasteiger partial charge in [-0.3, -0.25) is 9.69 Å². The highest BCUT2D eigenvalue weighted by atomic mass is 32.2. The number of halogens is 3. The number of pyridine rings is 1. The first-order valence-corrected chi connectivity index (χ1v) is 8.21. The smallest absolute Gasteiger partial charge is 0.481 e.